The highest BCUT2D eigenvalue weighted by atomic mass is 32.1. The number of hydrogen-bond donors (Lipinski definition) is 0. The van der Waals surface area contributed by atoms with Gasteiger partial charge in [-0.25, -0.2) is 0 Å². The predicted molar refractivity (Wildman–Crippen MR) is 106 cm³/mol. The Hall–Kier alpha value is -2.54. The van der Waals surface area contributed by atoms with Crippen LogP contribution in [0.3, 0.4) is 0 Å². The number of fused-ring (bicyclic) bond motifs is 1. The first kappa shape index (κ1) is 18.8. The lowest BCUT2D eigenvalue weighted by Crippen LogP contribution is -2.48. The van der Waals surface area contributed by atoms with Crippen LogP contribution in [-0.2, 0) is 6.18 Å². The molecule has 0 unspecified atom stereocenters. The Bertz CT molecular complexity index is 1020. The lowest BCUT2D eigenvalue weighted by Gasteiger charge is -2.36. The number of rotatable bonds is 2. The molecule has 0 aliphatic carbocycles. The molecule has 0 bridgehead atoms. The van der Waals surface area contributed by atoms with Crippen molar-refractivity contribution in [3.8, 4) is 0 Å². The van der Waals surface area contributed by atoms with Gasteiger partial charge in [-0.2, -0.15) is 13.2 Å². The van der Waals surface area contributed by atoms with E-state index in [4.69, 9.17) is 0 Å². The third kappa shape index (κ3) is 3.46. The van der Waals surface area contributed by atoms with E-state index < -0.39 is 11.7 Å². The molecule has 1 aromatic heterocycles. The number of anilines is 1. The highest BCUT2D eigenvalue weighted by molar-refractivity contribution is 7.21. The second-order valence-corrected chi connectivity index (χ2v) is 7.93. The van der Waals surface area contributed by atoms with Gasteiger partial charge >= 0.3 is 6.18 Å². The van der Waals surface area contributed by atoms with Gasteiger partial charge in [0, 0.05) is 36.6 Å². The van der Waals surface area contributed by atoms with E-state index in [2.05, 4.69) is 0 Å². The average molecular weight is 404 g/mol. The fraction of sp³-hybridized carbons (Fsp3) is 0.286. The molecule has 1 amide bonds. The number of carbonyl (C=O) groups is 1. The number of carbonyl (C=O) groups excluding carboxylic acids is 1. The van der Waals surface area contributed by atoms with Crippen LogP contribution in [0.5, 0.6) is 0 Å². The molecule has 3 aromatic rings. The van der Waals surface area contributed by atoms with Crippen LogP contribution in [0.4, 0.5) is 18.9 Å². The third-order valence-electron chi connectivity index (χ3n) is 5.14. The molecule has 3 nitrogen and oxygen atoms in total. The number of nitrogens with zero attached hydrogens (tertiary/aromatic N) is 2. The van der Waals surface area contributed by atoms with Crippen molar-refractivity contribution < 1.29 is 18.0 Å². The average Bonchev–Trinajstić information content (AvgIpc) is 3.04. The Morgan fingerprint density at radius 2 is 1.71 bits per heavy atom. The fourth-order valence-electron chi connectivity index (χ4n) is 3.57. The van der Waals surface area contributed by atoms with Crippen LogP contribution >= 0.6 is 11.3 Å². The molecule has 2 aromatic carbocycles. The first-order valence-electron chi connectivity index (χ1n) is 9.04. The summed E-state index contributed by atoms with van der Waals surface area (Å²) in [6.45, 7) is 3.96. The molecular formula is C21H19F3N2OS. The first-order valence-corrected chi connectivity index (χ1v) is 9.86. The Morgan fingerprint density at radius 3 is 2.39 bits per heavy atom. The number of amides is 1. The Kier molecular flexibility index (Phi) is 4.79. The van der Waals surface area contributed by atoms with Crippen LogP contribution in [0.1, 0.15) is 20.8 Å². The summed E-state index contributed by atoms with van der Waals surface area (Å²) in [5, 5.41) is 1.10. The quantitative estimate of drug-likeness (QED) is 0.587. The van der Waals surface area contributed by atoms with Crippen LogP contribution in [0.25, 0.3) is 10.1 Å². The summed E-state index contributed by atoms with van der Waals surface area (Å²) in [6, 6.07) is 13.3. The summed E-state index contributed by atoms with van der Waals surface area (Å²) in [6.07, 6.45) is -4.35. The maximum atomic E-state index is 13.0. The van der Waals surface area contributed by atoms with Crippen LogP contribution in [-0.4, -0.2) is 37.0 Å². The summed E-state index contributed by atoms with van der Waals surface area (Å²) in [7, 11) is 0. The zero-order chi connectivity index (χ0) is 19.9. The molecule has 7 heteroatoms. The lowest BCUT2D eigenvalue weighted by molar-refractivity contribution is -0.137. The standard InChI is InChI=1S/C21H19F3N2OS/c1-14-17-7-2-3-8-18(17)28-19(14)20(27)26-11-9-25(10-12-26)16-6-4-5-15(13-16)21(22,23)24/h2-8,13H,9-12H2,1H3. The lowest BCUT2D eigenvalue weighted by atomic mass is 10.1. The van der Waals surface area contributed by atoms with Crippen molar-refractivity contribution in [3.63, 3.8) is 0 Å². The largest absolute Gasteiger partial charge is 0.416 e. The molecule has 4 rings (SSSR count). The number of piperazine rings is 1. The molecule has 1 saturated heterocycles. The second-order valence-electron chi connectivity index (χ2n) is 6.88. The number of halogens is 3. The van der Waals surface area contributed by atoms with Crippen LogP contribution in [0.15, 0.2) is 48.5 Å². The van der Waals surface area contributed by atoms with Crippen molar-refractivity contribution in [1.29, 1.82) is 0 Å². The molecule has 1 aliphatic heterocycles. The molecular weight excluding hydrogens is 385 g/mol. The van der Waals surface area contributed by atoms with Gasteiger partial charge in [0.05, 0.1) is 10.4 Å². The molecule has 2 heterocycles. The van der Waals surface area contributed by atoms with Gasteiger partial charge in [-0.1, -0.05) is 24.3 Å². The van der Waals surface area contributed by atoms with Gasteiger partial charge in [-0.15, -0.1) is 11.3 Å². The molecule has 0 atom stereocenters. The molecule has 146 valence electrons. The molecule has 1 aliphatic rings. The summed E-state index contributed by atoms with van der Waals surface area (Å²) >= 11 is 1.50. The molecule has 0 radical (unpaired) electrons. The second kappa shape index (κ2) is 7.13. The first-order chi connectivity index (χ1) is 13.3. The molecule has 1 fully saturated rings. The Labute approximate surface area is 165 Å². The predicted octanol–water partition coefficient (Wildman–Crippen LogP) is 5.19. The third-order valence-corrected chi connectivity index (χ3v) is 6.40. The zero-order valence-corrected chi connectivity index (χ0v) is 16.1. The smallest absolute Gasteiger partial charge is 0.368 e. The van der Waals surface area contributed by atoms with Gasteiger partial charge < -0.3 is 9.80 Å². The maximum Gasteiger partial charge on any atom is 0.416 e. The van der Waals surface area contributed by atoms with E-state index in [-0.39, 0.29) is 5.91 Å². The van der Waals surface area contributed by atoms with Gasteiger partial charge in [0.1, 0.15) is 0 Å². The summed E-state index contributed by atoms with van der Waals surface area (Å²) in [4.78, 5) is 17.4. The highest BCUT2D eigenvalue weighted by Gasteiger charge is 2.31. The van der Waals surface area contributed by atoms with Crippen molar-refractivity contribution in [2.24, 2.45) is 0 Å². The van der Waals surface area contributed by atoms with Crippen molar-refractivity contribution in [2.45, 2.75) is 13.1 Å². The summed E-state index contributed by atoms with van der Waals surface area (Å²) in [5.74, 6) is 0.00222. The fourth-order valence-corrected chi connectivity index (χ4v) is 4.75. The van der Waals surface area contributed by atoms with Crippen LogP contribution < -0.4 is 4.90 Å². The monoisotopic (exact) mass is 404 g/mol. The van der Waals surface area contributed by atoms with Gasteiger partial charge in [-0.3, -0.25) is 4.79 Å². The van der Waals surface area contributed by atoms with Gasteiger partial charge in [-0.05, 0) is 42.1 Å². The number of benzene rings is 2. The Balaban J connectivity index is 1.48. The topological polar surface area (TPSA) is 23.6 Å². The van der Waals surface area contributed by atoms with Gasteiger partial charge in [0.15, 0.2) is 0 Å². The molecule has 0 spiro atoms. The van der Waals surface area contributed by atoms with E-state index in [0.29, 0.717) is 31.9 Å². The van der Waals surface area contributed by atoms with E-state index in [1.54, 1.807) is 11.0 Å². The van der Waals surface area contributed by atoms with E-state index in [9.17, 15) is 18.0 Å². The highest BCUT2D eigenvalue weighted by Crippen LogP contribution is 2.33. The van der Waals surface area contributed by atoms with Gasteiger partial charge in [0.2, 0.25) is 0 Å². The van der Waals surface area contributed by atoms with E-state index in [0.717, 1.165) is 26.6 Å². The van der Waals surface area contributed by atoms with E-state index in [1.165, 1.54) is 23.5 Å². The van der Waals surface area contributed by atoms with Crippen molar-refractivity contribution >= 4 is 33.0 Å². The molecule has 0 saturated carbocycles. The molecule has 0 N–H and O–H groups in total. The van der Waals surface area contributed by atoms with Gasteiger partial charge in [0.25, 0.3) is 5.91 Å². The number of aryl methyl sites for hydroxylation is 1. The van der Waals surface area contributed by atoms with Crippen molar-refractivity contribution in [1.82, 2.24) is 4.90 Å². The van der Waals surface area contributed by atoms with E-state index in [1.807, 2.05) is 36.1 Å². The maximum absolute atomic E-state index is 13.0. The van der Waals surface area contributed by atoms with Crippen LogP contribution in [0.2, 0.25) is 0 Å². The molecule has 28 heavy (non-hydrogen) atoms. The van der Waals surface area contributed by atoms with Crippen molar-refractivity contribution in [2.75, 3.05) is 31.1 Å². The van der Waals surface area contributed by atoms with E-state index >= 15 is 0 Å². The SMILES string of the molecule is Cc1c(C(=O)N2CCN(c3cccc(C(F)(F)F)c3)CC2)sc2ccccc12. The number of thiophene rings is 1. The summed E-state index contributed by atoms with van der Waals surface area (Å²) < 4.78 is 39.9. The number of hydrogen-bond acceptors (Lipinski definition) is 3. The minimum absolute atomic E-state index is 0.00222. The minimum Gasteiger partial charge on any atom is -0.368 e. The summed E-state index contributed by atoms with van der Waals surface area (Å²) in [5.41, 5.74) is 0.885. The van der Waals surface area contributed by atoms with Crippen LogP contribution in [0, 0.1) is 6.92 Å². The zero-order valence-electron chi connectivity index (χ0n) is 15.3. The number of alkyl halides is 3. The van der Waals surface area contributed by atoms with Crippen molar-refractivity contribution in [3.05, 3.63) is 64.5 Å². The minimum atomic E-state index is -4.35. The normalized spacial score (nSPS) is 15.3. The Morgan fingerprint density at radius 1 is 1.00 bits per heavy atom.